The molecule has 2 aromatic carbocycles. The highest BCUT2D eigenvalue weighted by Crippen LogP contribution is 2.52. The minimum atomic E-state index is -5.19. The number of halogens is 11. The number of nitrogens with one attached hydrogen (secondary N) is 1. The van der Waals surface area contributed by atoms with Crippen LogP contribution in [0.3, 0.4) is 0 Å². The molecule has 0 fully saturated rings. The van der Waals surface area contributed by atoms with Gasteiger partial charge in [0.05, 0.1) is 45.3 Å². The summed E-state index contributed by atoms with van der Waals surface area (Å²) in [6.07, 6.45) is -7.93. The van der Waals surface area contributed by atoms with Gasteiger partial charge in [-0.15, -0.1) is 11.8 Å². The maximum atomic E-state index is 15.4. The molecule has 74 heavy (non-hydrogen) atoms. The quantitative estimate of drug-likeness (QED) is 0.0363. The molecule has 5 aromatic rings. The van der Waals surface area contributed by atoms with Crippen LogP contribution in [0.5, 0.6) is 0 Å². The fourth-order valence-electron chi connectivity index (χ4n) is 7.86. The van der Waals surface area contributed by atoms with Crippen LogP contribution in [0.25, 0.3) is 22.0 Å². The van der Waals surface area contributed by atoms with Crippen molar-refractivity contribution in [3.8, 4) is 23.0 Å². The largest absolute Gasteiger partial charge is 0.435 e. The first-order valence-corrected chi connectivity index (χ1v) is 24.9. The molecule has 28 heteroatoms. The topological polar surface area (TPSA) is 203 Å². The molecule has 6 rings (SSSR count). The predicted molar refractivity (Wildman–Crippen MR) is 264 cm³/mol. The molecule has 3 heterocycles. The molecule has 0 bridgehead atoms. The first kappa shape index (κ1) is 60.6. The van der Waals surface area contributed by atoms with Gasteiger partial charge in [-0.1, -0.05) is 30.5 Å². The van der Waals surface area contributed by atoms with Gasteiger partial charge in [-0.3, -0.25) is 19.2 Å². The SMILES string of the molecule is CN.CO.CSC(C)(C)C#Cc1ccc(-c2ccc(Cl)c3c(N(C(=O)N(C)CCN=CN)S(C)=O)nn(CC(F)(F)F)c23)c(C(Cc2cc(F)cc(F)c2)NC(=O)Cn2nc(C(F)(F)F)c3c2C(F)(F)C[C@@H]3C)n1. The second-order valence-electron chi connectivity index (χ2n) is 16.7. The number of hydrogen-bond donors (Lipinski definition) is 4. The van der Waals surface area contributed by atoms with Crippen molar-refractivity contribution in [3.05, 3.63) is 93.0 Å². The molecule has 0 saturated heterocycles. The van der Waals surface area contributed by atoms with E-state index in [0.717, 1.165) is 43.7 Å². The van der Waals surface area contributed by atoms with E-state index in [4.69, 9.17) is 27.4 Å². The number of pyridine rings is 1. The number of carbonyl (C=O) groups excluding carboxylic acids is 2. The van der Waals surface area contributed by atoms with Crippen molar-refractivity contribution < 1.29 is 62.8 Å². The van der Waals surface area contributed by atoms with E-state index in [1.807, 2.05) is 0 Å². The number of thioether (sulfide) groups is 1. The third kappa shape index (κ3) is 14.2. The Kier molecular flexibility index (Phi) is 20.1. The third-order valence-corrected chi connectivity index (χ3v) is 13.3. The van der Waals surface area contributed by atoms with Crippen LogP contribution in [0, 0.1) is 23.5 Å². The van der Waals surface area contributed by atoms with Crippen molar-refractivity contribution >= 4 is 69.3 Å². The average molecular weight is 1110 g/mol. The summed E-state index contributed by atoms with van der Waals surface area (Å²) in [4.78, 5) is 37.6. The summed E-state index contributed by atoms with van der Waals surface area (Å²) in [7, 11) is 1.49. The molecule has 6 N–H and O–H groups in total. The number of nitrogens with two attached hydrogens (primary N) is 2. The van der Waals surface area contributed by atoms with Gasteiger partial charge >= 0.3 is 18.4 Å². The lowest BCUT2D eigenvalue weighted by molar-refractivity contribution is -0.143. The number of likely N-dealkylation sites (N-methyl/N-ethyl adjacent to an activating group) is 1. The molecule has 404 valence electrons. The Labute approximate surface area is 430 Å². The Morgan fingerprint density at radius 1 is 1.05 bits per heavy atom. The molecular formula is C46H52ClF10N11O4S2. The number of aliphatic hydroxyl groups is 1. The number of aliphatic hydroxyl groups excluding tert-OH is 1. The fourth-order valence-corrected chi connectivity index (χ4v) is 8.98. The van der Waals surface area contributed by atoms with Crippen molar-refractivity contribution in [2.24, 2.45) is 16.5 Å². The van der Waals surface area contributed by atoms with E-state index in [1.165, 1.54) is 50.1 Å². The van der Waals surface area contributed by atoms with Crippen molar-refractivity contribution in [2.75, 3.05) is 51.1 Å². The highest BCUT2D eigenvalue weighted by atomic mass is 35.5. The maximum absolute atomic E-state index is 15.4. The first-order chi connectivity index (χ1) is 34.5. The van der Waals surface area contributed by atoms with E-state index in [0.29, 0.717) is 15.1 Å². The smallest absolute Gasteiger partial charge is 0.400 e. The third-order valence-electron chi connectivity index (χ3n) is 11.0. The first-order valence-electron chi connectivity index (χ1n) is 21.8. The molecule has 0 aliphatic heterocycles. The van der Waals surface area contributed by atoms with Gasteiger partial charge in [-0.25, -0.2) is 22.8 Å². The highest BCUT2D eigenvalue weighted by Gasteiger charge is 2.53. The van der Waals surface area contributed by atoms with Gasteiger partial charge in [0.1, 0.15) is 47.1 Å². The van der Waals surface area contributed by atoms with E-state index in [1.54, 1.807) is 20.1 Å². The van der Waals surface area contributed by atoms with Gasteiger partial charge in [-0.05, 0) is 81.3 Å². The highest BCUT2D eigenvalue weighted by molar-refractivity contribution is 8.00. The number of amides is 3. The Balaban J connectivity index is 0.00000289. The molecule has 0 saturated carbocycles. The number of carbonyl (C=O) groups is 2. The number of nitrogens with zero attached hydrogens (tertiary/aromatic N) is 8. The number of aromatic nitrogens is 5. The molecule has 0 radical (unpaired) electrons. The number of hydrogen-bond acceptors (Lipinski definition) is 10. The monoisotopic (exact) mass is 1110 g/mol. The molecule has 1 aliphatic rings. The lowest BCUT2D eigenvalue weighted by atomic mass is 9.93. The summed E-state index contributed by atoms with van der Waals surface area (Å²) in [6, 6.07) is 4.93. The summed E-state index contributed by atoms with van der Waals surface area (Å²) in [5.74, 6) is -3.17. The Hall–Kier alpha value is -5.95. The number of aliphatic imine (C=N–C) groups is 1. The predicted octanol–water partition coefficient (Wildman–Crippen LogP) is 8.32. The fraction of sp³-hybridized carbons (Fsp3) is 0.435. The van der Waals surface area contributed by atoms with Crippen LogP contribution < -0.4 is 21.1 Å². The molecule has 3 atom stereocenters. The lowest BCUT2D eigenvalue weighted by Crippen LogP contribution is -2.43. The van der Waals surface area contributed by atoms with E-state index < -0.39 is 124 Å². The van der Waals surface area contributed by atoms with Crippen LogP contribution in [0.4, 0.5) is 54.5 Å². The molecule has 0 spiro atoms. The summed E-state index contributed by atoms with van der Waals surface area (Å²) in [5, 5.41) is 16.5. The normalized spacial score (nSPS) is 15.0. The lowest BCUT2D eigenvalue weighted by Gasteiger charge is -2.24. The van der Waals surface area contributed by atoms with Crippen LogP contribution in [0.1, 0.15) is 73.1 Å². The molecule has 3 amide bonds. The zero-order chi connectivity index (χ0) is 55.8. The molecule has 3 aromatic heterocycles. The second-order valence-corrected chi connectivity index (χ2v) is 19.7. The Bertz CT molecular complexity index is 2940. The number of rotatable bonds is 14. The van der Waals surface area contributed by atoms with Crippen molar-refractivity contribution in [3.63, 3.8) is 0 Å². The number of benzene rings is 2. The zero-order valence-electron chi connectivity index (χ0n) is 40.9. The number of anilines is 1. The van der Waals surface area contributed by atoms with Crippen LogP contribution in [0.15, 0.2) is 47.5 Å². The molecule has 2 unspecified atom stereocenters. The molecule has 15 nitrogen and oxygen atoms in total. The summed E-state index contributed by atoms with van der Waals surface area (Å²) in [5.41, 5.74) is 5.19. The van der Waals surface area contributed by atoms with Gasteiger partial charge in [0.2, 0.25) is 5.91 Å². The van der Waals surface area contributed by atoms with E-state index in [9.17, 15) is 48.9 Å². The minimum absolute atomic E-state index is 0.00579. The van der Waals surface area contributed by atoms with Crippen LogP contribution in [0.2, 0.25) is 5.02 Å². The van der Waals surface area contributed by atoms with Crippen LogP contribution in [-0.2, 0) is 47.4 Å². The summed E-state index contributed by atoms with van der Waals surface area (Å²) in [6.45, 7) is 1.59. The van der Waals surface area contributed by atoms with Crippen LogP contribution >= 0.6 is 23.4 Å². The molecule has 1 aliphatic carbocycles. The van der Waals surface area contributed by atoms with Gasteiger partial charge in [-0.2, -0.15) is 49.6 Å². The van der Waals surface area contributed by atoms with E-state index >= 15 is 8.78 Å². The summed E-state index contributed by atoms with van der Waals surface area (Å²) >= 11 is 8.10. The van der Waals surface area contributed by atoms with Crippen molar-refractivity contribution in [2.45, 2.75) is 81.7 Å². The number of fused-ring (bicyclic) bond motifs is 2. The maximum Gasteiger partial charge on any atom is 0.435 e. The Morgan fingerprint density at radius 2 is 1.68 bits per heavy atom. The average Bonchev–Trinajstić information content (AvgIpc) is 3.96. The number of urea groups is 1. The minimum Gasteiger partial charge on any atom is -0.400 e. The Morgan fingerprint density at radius 3 is 2.24 bits per heavy atom. The van der Waals surface area contributed by atoms with Gasteiger partial charge in [0.25, 0.3) is 5.92 Å². The van der Waals surface area contributed by atoms with Gasteiger partial charge < -0.3 is 26.8 Å². The number of alkyl halides is 8. The van der Waals surface area contributed by atoms with Crippen molar-refractivity contribution in [1.29, 1.82) is 0 Å². The zero-order valence-corrected chi connectivity index (χ0v) is 43.3. The van der Waals surface area contributed by atoms with Crippen molar-refractivity contribution in [1.82, 2.24) is 34.8 Å². The van der Waals surface area contributed by atoms with Crippen LogP contribution in [-0.4, -0.2) is 115 Å². The van der Waals surface area contributed by atoms with Gasteiger partial charge in [0, 0.05) is 56.1 Å². The van der Waals surface area contributed by atoms with E-state index in [2.05, 4.69) is 38.1 Å². The van der Waals surface area contributed by atoms with Gasteiger partial charge in [0.15, 0.2) is 11.5 Å². The standard InChI is InChI=1S/C44H43ClF10N10O3S2.CH5N.CH4O/c1-23-19-42(48,49)38-33(23)37(44(53,54)55)60-63(38)20-32(66)59-31(17-24-15-25(46)18-26(47)16-24)35-28(8-7-27(58-35)11-12-41(2,3)69-5)29-9-10-30(45)34-36(29)64(21-43(50,51)52)61-39(34)65(70(6)68)40(67)62(4)14-13-57-22-56;2*1-2/h7-10,15-16,18,22-23,31H,13-14,17,19-21H2,1-6H3,(H2,56,57)(H,59,66);2H2,1H3;2H,1H3/t23-,31?,70?;;/m0../s1. The molecular weight excluding hydrogens is 1060 g/mol. The summed E-state index contributed by atoms with van der Waals surface area (Å²) < 4.78 is 161. The van der Waals surface area contributed by atoms with E-state index in [-0.39, 0.29) is 56.3 Å². The second kappa shape index (κ2) is 24.6.